The van der Waals surface area contributed by atoms with Gasteiger partial charge in [-0.15, -0.1) is 0 Å². The Balaban J connectivity index is 2.44. The average Bonchev–Trinajstić information content (AvgIpc) is 2.38. The zero-order valence-electron chi connectivity index (χ0n) is 10.0. The van der Waals surface area contributed by atoms with Crippen LogP contribution in [0.2, 0.25) is 0 Å². The van der Waals surface area contributed by atoms with Crippen molar-refractivity contribution in [2.45, 2.75) is 0 Å². The zero-order chi connectivity index (χ0) is 13.1. The van der Waals surface area contributed by atoms with Gasteiger partial charge >= 0.3 is 0 Å². The van der Waals surface area contributed by atoms with E-state index >= 15 is 0 Å². The summed E-state index contributed by atoms with van der Waals surface area (Å²) in [6.07, 6.45) is 1.77. The number of hydrogen-bond acceptors (Lipinski definition) is 3. The second-order valence-corrected chi connectivity index (χ2v) is 5.46. The van der Waals surface area contributed by atoms with E-state index in [2.05, 4.69) is 36.8 Å². The summed E-state index contributed by atoms with van der Waals surface area (Å²) in [6, 6.07) is 9.81. The number of ether oxygens (including phenoxy) is 1. The van der Waals surface area contributed by atoms with Crippen LogP contribution in [0.1, 0.15) is 0 Å². The van der Waals surface area contributed by atoms with E-state index in [-0.39, 0.29) is 0 Å². The van der Waals surface area contributed by atoms with Crippen molar-refractivity contribution in [3.05, 3.63) is 45.5 Å². The highest BCUT2D eigenvalue weighted by Crippen LogP contribution is 2.35. The summed E-state index contributed by atoms with van der Waals surface area (Å²) in [4.78, 5) is 6.39. The molecule has 2 aromatic rings. The number of halogens is 2. The minimum Gasteiger partial charge on any atom is -0.495 e. The van der Waals surface area contributed by atoms with Gasteiger partial charge in [0.05, 0.1) is 17.3 Å². The lowest BCUT2D eigenvalue weighted by molar-refractivity contribution is 0.415. The summed E-state index contributed by atoms with van der Waals surface area (Å²) in [5.41, 5.74) is 0.968. The summed E-state index contributed by atoms with van der Waals surface area (Å²) in [6.45, 7) is 0. The van der Waals surface area contributed by atoms with Crippen LogP contribution in [0.15, 0.2) is 45.5 Å². The smallest absolute Gasteiger partial charge is 0.147 e. The molecule has 1 aromatic heterocycles. The van der Waals surface area contributed by atoms with Gasteiger partial charge in [0, 0.05) is 17.7 Å². The van der Waals surface area contributed by atoms with Gasteiger partial charge in [-0.25, -0.2) is 4.98 Å². The van der Waals surface area contributed by atoms with Crippen LogP contribution in [0.3, 0.4) is 0 Å². The minimum absolute atomic E-state index is 0.816. The molecule has 0 N–H and O–H groups in total. The summed E-state index contributed by atoms with van der Waals surface area (Å²) < 4.78 is 7.22. The zero-order valence-corrected chi connectivity index (χ0v) is 13.2. The highest BCUT2D eigenvalue weighted by Gasteiger charge is 2.13. The molecule has 18 heavy (non-hydrogen) atoms. The summed E-state index contributed by atoms with van der Waals surface area (Å²) >= 11 is 6.91. The first-order chi connectivity index (χ1) is 8.63. The van der Waals surface area contributed by atoms with E-state index in [1.165, 1.54) is 0 Å². The molecule has 1 heterocycles. The van der Waals surface area contributed by atoms with Gasteiger partial charge in [0.25, 0.3) is 0 Å². The maximum absolute atomic E-state index is 5.36. The van der Waals surface area contributed by atoms with E-state index < -0.39 is 0 Å². The normalized spacial score (nSPS) is 10.2. The number of hydrogen-bond donors (Lipinski definition) is 0. The molecule has 5 heteroatoms. The molecule has 0 radical (unpaired) electrons. The number of nitrogens with zero attached hydrogens (tertiary/aromatic N) is 2. The predicted molar refractivity (Wildman–Crippen MR) is 80.7 cm³/mol. The molecular weight excluding hydrogens is 360 g/mol. The van der Waals surface area contributed by atoms with Gasteiger partial charge in [0.15, 0.2) is 0 Å². The summed E-state index contributed by atoms with van der Waals surface area (Å²) in [7, 11) is 3.62. The van der Waals surface area contributed by atoms with Crippen LogP contribution >= 0.6 is 31.9 Å². The van der Waals surface area contributed by atoms with Crippen LogP contribution < -0.4 is 9.64 Å². The first-order valence-electron chi connectivity index (χ1n) is 5.31. The molecule has 0 unspecified atom stereocenters. The van der Waals surface area contributed by atoms with Crippen molar-refractivity contribution >= 4 is 43.4 Å². The number of pyridine rings is 1. The van der Waals surface area contributed by atoms with Crippen LogP contribution in [0.4, 0.5) is 11.5 Å². The molecule has 1 aromatic carbocycles. The summed E-state index contributed by atoms with van der Waals surface area (Å²) in [5, 5.41) is 0. The lowest BCUT2D eigenvalue weighted by Gasteiger charge is -2.21. The fourth-order valence-electron chi connectivity index (χ4n) is 1.68. The van der Waals surface area contributed by atoms with Crippen LogP contribution in [-0.2, 0) is 0 Å². The predicted octanol–water partition coefficient (Wildman–Crippen LogP) is 4.38. The van der Waals surface area contributed by atoms with Gasteiger partial charge in [-0.05, 0) is 50.1 Å². The molecule has 0 saturated carbocycles. The Morgan fingerprint density at radius 2 is 1.94 bits per heavy atom. The van der Waals surface area contributed by atoms with Gasteiger partial charge < -0.3 is 9.64 Å². The Hall–Kier alpha value is -1.07. The first kappa shape index (κ1) is 13.4. The van der Waals surface area contributed by atoms with Crippen LogP contribution in [0, 0.1) is 0 Å². The quantitative estimate of drug-likeness (QED) is 0.800. The topological polar surface area (TPSA) is 25.4 Å². The molecule has 2 rings (SSSR count). The second-order valence-electron chi connectivity index (χ2n) is 3.69. The Labute approximate surface area is 123 Å². The van der Waals surface area contributed by atoms with E-state index in [4.69, 9.17) is 4.74 Å². The maximum Gasteiger partial charge on any atom is 0.147 e. The highest BCUT2D eigenvalue weighted by atomic mass is 79.9. The van der Waals surface area contributed by atoms with E-state index in [1.54, 1.807) is 13.3 Å². The van der Waals surface area contributed by atoms with Crippen molar-refractivity contribution in [3.63, 3.8) is 0 Å². The lowest BCUT2D eigenvalue weighted by atomic mass is 10.2. The number of para-hydroxylation sites is 2. The van der Waals surface area contributed by atoms with Crippen molar-refractivity contribution in [2.75, 3.05) is 19.1 Å². The lowest BCUT2D eigenvalue weighted by Crippen LogP contribution is -2.12. The van der Waals surface area contributed by atoms with E-state index in [1.807, 2.05) is 42.3 Å². The molecule has 0 fully saturated rings. The molecule has 0 aliphatic carbocycles. The van der Waals surface area contributed by atoms with Gasteiger partial charge in [0.1, 0.15) is 11.6 Å². The fourth-order valence-corrected chi connectivity index (χ4v) is 2.93. The van der Waals surface area contributed by atoms with Crippen LogP contribution in [0.25, 0.3) is 0 Å². The standard InChI is InChI=1S/C13H12Br2N2O/c1-17(11-5-3-4-6-12(11)18-2)13-10(15)7-9(14)8-16-13/h3-8H,1-2H3. The molecule has 0 atom stereocenters. The Kier molecular flexibility index (Phi) is 4.24. The fraction of sp³-hybridized carbons (Fsp3) is 0.154. The monoisotopic (exact) mass is 370 g/mol. The Bertz CT molecular complexity index is 560. The van der Waals surface area contributed by atoms with Crippen molar-refractivity contribution in [1.29, 1.82) is 0 Å². The largest absolute Gasteiger partial charge is 0.495 e. The van der Waals surface area contributed by atoms with Crippen LogP contribution in [0.5, 0.6) is 5.75 Å². The minimum atomic E-state index is 0.816. The summed E-state index contributed by atoms with van der Waals surface area (Å²) in [5.74, 6) is 1.65. The number of benzene rings is 1. The van der Waals surface area contributed by atoms with Crippen molar-refractivity contribution in [2.24, 2.45) is 0 Å². The van der Waals surface area contributed by atoms with Gasteiger partial charge in [-0.1, -0.05) is 12.1 Å². The number of aromatic nitrogens is 1. The van der Waals surface area contributed by atoms with Crippen LogP contribution in [-0.4, -0.2) is 19.1 Å². The van der Waals surface area contributed by atoms with Gasteiger partial charge in [0.2, 0.25) is 0 Å². The van der Waals surface area contributed by atoms with Gasteiger partial charge in [-0.2, -0.15) is 0 Å². The molecule has 3 nitrogen and oxygen atoms in total. The Morgan fingerprint density at radius 1 is 1.22 bits per heavy atom. The third kappa shape index (κ3) is 2.67. The molecular formula is C13H12Br2N2O. The molecule has 0 spiro atoms. The average molecular weight is 372 g/mol. The third-order valence-electron chi connectivity index (χ3n) is 2.55. The second kappa shape index (κ2) is 5.71. The highest BCUT2D eigenvalue weighted by molar-refractivity contribution is 9.11. The molecule has 94 valence electrons. The number of anilines is 2. The molecule has 0 aliphatic rings. The number of rotatable bonds is 3. The van der Waals surface area contributed by atoms with Crippen molar-refractivity contribution in [3.8, 4) is 5.75 Å². The van der Waals surface area contributed by atoms with Crippen molar-refractivity contribution < 1.29 is 4.74 Å². The Morgan fingerprint density at radius 3 is 2.61 bits per heavy atom. The molecule has 0 aliphatic heterocycles. The van der Waals surface area contributed by atoms with Crippen molar-refractivity contribution in [1.82, 2.24) is 4.98 Å². The van der Waals surface area contributed by atoms with E-state index in [0.717, 1.165) is 26.2 Å². The molecule has 0 bridgehead atoms. The van der Waals surface area contributed by atoms with Gasteiger partial charge in [-0.3, -0.25) is 0 Å². The third-order valence-corrected chi connectivity index (χ3v) is 3.57. The SMILES string of the molecule is COc1ccccc1N(C)c1ncc(Br)cc1Br. The van der Waals surface area contributed by atoms with E-state index in [9.17, 15) is 0 Å². The maximum atomic E-state index is 5.36. The molecule has 0 amide bonds. The number of methoxy groups -OCH3 is 1. The first-order valence-corrected chi connectivity index (χ1v) is 6.90. The van der Waals surface area contributed by atoms with E-state index in [0.29, 0.717) is 0 Å². The molecule has 0 saturated heterocycles.